The highest BCUT2D eigenvalue weighted by Crippen LogP contribution is 2.41. The van der Waals surface area contributed by atoms with Gasteiger partial charge in [-0.05, 0) is 111 Å². The summed E-state index contributed by atoms with van der Waals surface area (Å²) in [4.78, 5) is 0. The lowest BCUT2D eigenvalue weighted by atomic mass is 9.76. The predicted octanol–water partition coefficient (Wildman–Crippen LogP) is 8.54. The minimum atomic E-state index is -0.646. The number of halogens is 3. The van der Waals surface area contributed by atoms with Crippen LogP contribution in [-0.2, 0) is 11.2 Å². The fourth-order valence-electron chi connectivity index (χ4n) is 6.21. The molecule has 1 unspecified atom stereocenters. The molecule has 2 aromatic rings. The molecule has 1 atom stereocenters. The molecule has 2 aromatic carbocycles. The Hall–Kier alpha value is -2.07. The van der Waals surface area contributed by atoms with E-state index in [0.717, 1.165) is 63.4 Å². The standard InChI is InChI=1S/C30H35F3O/c1-2-19-3-10-22(11-4-19)25-15-13-23(29(32)30(25)33)12-7-20-5-8-21(9-6-20)24-14-16-26(27(31)17-24)28-18-34-28/h2,13-17,19-22,28H,1,3-12,18H2. The molecule has 1 nitrogen and oxygen atoms in total. The van der Waals surface area contributed by atoms with Gasteiger partial charge in [0.2, 0.25) is 0 Å². The zero-order valence-electron chi connectivity index (χ0n) is 19.9. The quantitative estimate of drug-likeness (QED) is 0.293. The number of benzene rings is 2. The van der Waals surface area contributed by atoms with Crippen LogP contribution in [0, 0.1) is 29.3 Å². The average Bonchev–Trinajstić information content (AvgIpc) is 3.71. The first-order chi connectivity index (χ1) is 16.5. The molecule has 0 radical (unpaired) electrons. The molecular formula is C30H35F3O. The van der Waals surface area contributed by atoms with E-state index in [9.17, 15) is 13.2 Å². The van der Waals surface area contributed by atoms with Crippen molar-refractivity contribution in [3.8, 4) is 0 Å². The van der Waals surface area contributed by atoms with E-state index in [1.807, 2.05) is 24.3 Å². The topological polar surface area (TPSA) is 12.5 Å². The van der Waals surface area contributed by atoms with Gasteiger partial charge in [0, 0.05) is 5.56 Å². The van der Waals surface area contributed by atoms with Gasteiger partial charge in [0.1, 0.15) is 11.9 Å². The normalized spacial score (nSPS) is 29.1. The summed E-state index contributed by atoms with van der Waals surface area (Å²) in [7, 11) is 0. The Morgan fingerprint density at radius 3 is 2.15 bits per heavy atom. The summed E-state index contributed by atoms with van der Waals surface area (Å²) in [6.07, 6.45) is 11.3. The molecule has 3 aliphatic rings. The Bertz CT molecular complexity index is 1010. The highest BCUT2D eigenvalue weighted by Gasteiger charge is 2.30. The van der Waals surface area contributed by atoms with Gasteiger partial charge in [-0.1, -0.05) is 30.3 Å². The third-order valence-corrected chi connectivity index (χ3v) is 8.58. The number of ether oxygens (including phenoxy) is 1. The van der Waals surface area contributed by atoms with Crippen LogP contribution in [0.3, 0.4) is 0 Å². The zero-order chi connectivity index (χ0) is 23.7. The maximum atomic E-state index is 14.9. The number of allylic oxidation sites excluding steroid dienone is 1. The highest BCUT2D eigenvalue weighted by atomic mass is 19.2. The van der Waals surface area contributed by atoms with Gasteiger partial charge in [-0.15, -0.1) is 6.58 Å². The Morgan fingerprint density at radius 1 is 0.824 bits per heavy atom. The van der Waals surface area contributed by atoms with Crippen LogP contribution in [0.2, 0.25) is 0 Å². The van der Waals surface area contributed by atoms with Crippen LogP contribution in [-0.4, -0.2) is 6.61 Å². The highest BCUT2D eigenvalue weighted by molar-refractivity contribution is 5.31. The van der Waals surface area contributed by atoms with Gasteiger partial charge in [0.25, 0.3) is 0 Å². The predicted molar refractivity (Wildman–Crippen MR) is 129 cm³/mol. The molecule has 182 valence electrons. The Balaban J connectivity index is 1.14. The third kappa shape index (κ3) is 5.12. The van der Waals surface area contributed by atoms with Gasteiger partial charge in [0.05, 0.1) is 6.61 Å². The summed E-state index contributed by atoms with van der Waals surface area (Å²) in [6, 6.07) is 9.25. The first-order valence-electron chi connectivity index (χ1n) is 13.0. The molecule has 1 saturated heterocycles. The fraction of sp³-hybridized carbons (Fsp3) is 0.533. The van der Waals surface area contributed by atoms with Crippen molar-refractivity contribution in [1.29, 1.82) is 0 Å². The lowest BCUT2D eigenvalue weighted by molar-refractivity contribution is 0.308. The summed E-state index contributed by atoms with van der Waals surface area (Å²) >= 11 is 0. The molecule has 1 aliphatic heterocycles. The van der Waals surface area contributed by atoms with Crippen molar-refractivity contribution in [3.63, 3.8) is 0 Å². The summed E-state index contributed by atoms with van der Waals surface area (Å²) in [5.74, 6) is 0.0792. The fourth-order valence-corrected chi connectivity index (χ4v) is 6.21. The van der Waals surface area contributed by atoms with Crippen molar-refractivity contribution in [2.75, 3.05) is 6.61 Å². The van der Waals surface area contributed by atoms with Crippen LogP contribution in [0.25, 0.3) is 0 Å². The molecule has 0 N–H and O–H groups in total. The second kappa shape index (κ2) is 10.3. The van der Waals surface area contributed by atoms with Crippen LogP contribution in [0.15, 0.2) is 43.0 Å². The minimum Gasteiger partial charge on any atom is -0.368 e. The molecule has 5 rings (SSSR count). The molecule has 0 spiro atoms. The van der Waals surface area contributed by atoms with Crippen LogP contribution >= 0.6 is 0 Å². The van der Waals surface area contributed by atoms with E-state index in [4.69, 9.17) is 4.74 Å². The molecule has 0 amide bonds. The van der Waals surface area contributed by atoms with E-state index in [1.165, 1.54) is 0 Å². The molecule has 3 fully saturated rings. The maximum absolute atomic E-state index is 14.9. The number of hydrogen-bond donors (Lipinski definition) is 0. The van der Waals surface area contributed by atoms with Crippen molar-refractivity contribution in [2.45, 2.75) is 82.1 Å². The lowest BCUT2D eigenvalue weighted by Gasteiger charge is -2.29. The van der Waals surface area contributed by atoms with Gasteiger partial charge in [0.15, 0.2) is 11.6 Å². The van der Waals surface area contributed by atoms with Gasteiger partial charge < -0.3 is 4.74 Å². The number of epoxide rings is 1. The van der Waals surface area contributed by atoms with Crippen LogP contribution in [0.5, 0.6) is 0 Å². The summed E-state index contributed by atoms with van der Waals surface area (Å²) in [6.45, 7) is 4.48. The number of rotatable bonds is 7. The summed E-state index contributed by atoms with van der Waals surface area (Å²) < 4.78 is 49.4. The van der Waals surface area contributed by atoms with E-state index in [-0.39, 0.29) is 17.8 Å². The average molecular weight is 469 g/mol. The van der Waals surface area contributed by atoms with Crippen LogP contribution < -0.4 is 0 Å². The summed E-state index contributed by atoms with van der Waals surface area (Å²) in [5.41, 5.74) is 2.80. The van der Waals surface area contributed by atoms with E-state index in [0.29, 0.717) is 47.5 Å². The van der Waals surface area contributed by atoms with E-state index < -0.39 is 11.6 Å². The number of aryl methyl sites for hydroxylation is 1. The molecule has 4 heteroatoms. The smallest absolute Gasteiger partial charge is 0.162 e. The third-order valence-electron chi connectivity index (χ3n) is 8.58. The van der Waals surface area contributed by atoms with Gasteiger partial charge in [-0.25, -0.2) is 13.2 Å². The molecular weight excluding hydrogens is 433 g/mol. The van der Waals surface area contributed by atoms with E-state index in [1.54, 1.807) is 6.07 Å². The first kappa shape index (κ1) is 23.7. The second-order valence-electron chi connectivity index (χ2n) is 10.6. The molecule has 0 aromatic heterocycles. The zero-order valence-corrected chi connectivity index (χ0v) is 19.9. The van der Waals surface area contributed by atoms with Crippen molar-refractivity contribution in [3.05, 3.63) is 82.7 Å². The van der Waals surface area contributed by atoms with E-state index in [2.05, 4.69) is 12.6 Å². The van der Waals surface area contributed by atoms with Crippen molar-refractivity contribution < 1.29 is 17.9 Å². The van der Waals surface area contributed by atoms with Gasteiger partial charge in [-0.3, -0.25) is 0 Å². The Kier molecular flexibility index (Phi) is 7.15. The largest absolute Gasteiger partial charge is 0.368 e. The van der Waals surface area contributed by atoms with Crippen LogP contribution in [0.1, 0.15) is 98.0 Å². The minimum absolute atomic E-state index is 0.0589. The molecule has 1 heterocycles. The molecule has 2 saturated carbocycles. The molecule has 2 aliphatic carbocycles. The van der Waals surface area contributed by atoms with Crippen LogP contribution in [0.4, 0.5) is 13.2 Å². The van der Waals surface area contributed by atoms with Gasteiger partial charge in [-0.2, -0.15) is 0 Å². The molecule has 34 heavy (non-hydrogen) atoms. The second-order valence-corrected chi connectivity index (χ2v) is 10.6. The first-order valence-corrected chi connectivity index (χ1v) is 13.0. The monoisotopic (exact) mass is 468 g/mol. The van der Waals surface area contributed by atoms with Crippen molar-refractivity contribution in [2.24, 2.45) is 11.8 Å². The Morgan fingerprint density at radius 2 is 1.50 bits per heavy atom. The maximum Gasteiger partial charge on any atom is 0.162 e. The molecule has 0 bridgehead atoms. The Labute approximate surface area is 201 Å². The van der Waals surface area contributed by atoms with Gasteiger partial charge >= 0.3 is 0 Å². The SMILES string of the molecule is C=CC1CCC(c2ccc(CCC3CCC(c4ccc(C5CO5)c(F)c4)CC3)c(F)c2F)CC1. The number of hydrogen-bond acceptors (Lipinski definition) is 1. The lowest BCUT2D eigenvalue weighted by Crippen LogP contribution is -2.15. The van der Waals surface area contributed by atoms with Crippen molar-refractivity contribution in [1.82, 2.24) is 0 Å². The summed E-state index contributed by atoms with van der Waals surface area (Å²) in [5, 5.41) is 0. The van der Waals surface area contributed by atoms with E-state index >= 15 is 0 Å². The van der Waals surface area contributed by atoms with Crippen molar-refractivity contribution >= 4 is 0 Å².